The molecule has 4 aromatic heterocycles. The number of carboxylic acids is 1. The van der Waals surface area contributed by atoms with E-state index < -0.39 is 101 Å². The number of likely N-dealkylation sites (tertiary alicyclic amines) is 2. The third-order valence-corrected chi connectivity index (χ3v) is 2080. The quantitative estimate of drug-likeness (QED) is 0.0387. The number of aromatic carboxylic acids is 1. The third-order valence-electron chi connectivity index (χ3n) is 18.2. The zero-order valence-electron chi connectivity index (χ0n) is 54.0. The standard InChI is InChI=1S/C30H30Cl2N4O3.C29H28Cl2N4O3.I29/c1-34-16-23(30(37)38-2)21-9-8-18(13-26(21)34)36-15-19-12-20(36)14-35(19)11-10-22-28(33-39-29(22)17-6-7-17)27-24(31)4-3-5-25(27)32;1-33-15-22(29(36)37)20-8-7-17(12-25(20)33)35-14-18-11-19(35)13-34(18)10-9-21-27(32-38-28(21)16-5-6-16)26-23(30)3-2-4-24(26)31;1-16-18(4)20(6)22(8)24(10)26(12)28(14)29(15)27(13)25(11)23(9)21(7)19(5)17(2)3/h3-5,8-9,13,16-17,19-20H,6-7,10-12,14-15H2,1-2H3;2-4,7-8,12,15-16,18-19H,5-6,9-11,13-14H2,1H3,(H,36,37);/q;;-1. The van der Waals surface area contributed by atoms with Gasteiger partial charge in [-0.05, 0) is 112 Å². The van der Waals surface area contributed by atoms with Gasteiger partial charge in [0.2, 0.25) is 0 Å². The first-order valence-corrected chi connectivity index (χ1v) is 208. The second kappa shape index (κ2) is 47.2. The molecule has 2 saturated carbocycles. The summed E-state index contributed by atoms with van der Waals surface area (Å²) >= 11 is 74.0. The number of esters is 1. The number of hydrogen-bond acceptors (Lipinski definition) is 11. The summed E-state index contributed by atoms with van der Waals surface area (Å²) in [5.74, 6) is 1.72. The molecule has 47 heteroatoms. The molecule has 14 rings (SSSR count). The number of halogens is 33. The van der Waals surface area contributed by atoms with Crippen LogP contribution in [0.2, 0.25) is 20.1 Å². The summed E-state index contributed by atoms with van der Waals surface area (Å²) in [6.07, 6.45) is 12.1. The van der Waals surface area contributed by atoms with Gasteiger partial charge in [0.1, 0.15) is 22.9 Å². The zero-order valence-corrected chi connectivity index (χ0v) is 120. The van der Waals surface area contributed by atoms with Crippen molar-refractivity contribution >= 4 is 473 Å². The van der Waals surface area contributed by atoms with Crippen LogP contribution >= 0.6 is 428 Å². The van der Waals surface area contributed by atoms with E-state index in [9.17, 15) is 14.7 Å². The Morgan fingerprint density at radius 3 is 1.24 bits per heavy atom. The molecule has 6 fully saturated rings. The van der Waals surface area contributed by atoms with Crippen LogP contribution < -0.4 is 23.1 Å². The Hall–Kier alpha value is 15.2. The van der Waals surface area contributed by atoms with Crippen molar-refractivity contribution in [1.82, 2.24) is 29.2 Å². The molecule has 4 aromatic carbocycles. The third kappa shape index (κ3) is 24.8. The van der Waals surface area contributed by atoms with Crippen LogP contribution in [-0.4, -0.2) is 117 Å². The number of carbonyl (C=O) groups is 2. The van der Waals surface area contributed by atoms with E-state index in [-0.39, 0.29) is 13.9 Å². The molecule has 6 aliphatic rings. The Morgan fingerprint density at radius 2 is 0.896 bits per heavy atom. The van der Waals surface area contributed by atoms with Gasteiger partial charge in [-0.15, -0.1) is 0 Å². The van der Waals surface area contributed by atoms with E-state index in [2.05, 4.69) is 333 Å². The van der Waals surface area contributed by atoms with E-state index in [1.165, 1.54) is 12.8 Å². The number of carboxylic acid groups (broad SMARTS) is 1. The Balaban J connectivity index is 0.000000151. The van der Waals surface area contributed by atoms with Gasteiger partial charge >= 0.3 is 407 Å². The molecule has 4 saturated heterocycles. The summed E-state index contributed by atoms with van der Waals surface area (Å²) in [5, 5.41) is 22.5. The van der Waals surface area contributed by atoms with E-state index >= 15 is 0 Å². The van der Waals surface area contributed by atoms with E-state index in [1.807, 2.05) is 78.0 Å². The first-order chi connectivity index (χ1) is 50.5. The fourth-order valence-corrected chi connectivity index (χ4v) is 4830. The number of piperazine rings is 2. The van der Waals surface area contributed by atoms with E-state index in [0.717, 1.165) is 163 Å². The Bertz CT molecular complexity index is 4440. The van der Waals surface area contributed by atoms with Crippen molar-refractivity contribution in [3.63, 3.8) is 0 Å². The molecule has 8 heterocycles. The van der Waals surface area contributed by atoms with Gasteiger partial charge < -0.3 is 37.8 Å². The molecule has 602 valence electrons. The molecule has 1 N–H and O–H groups in total. The van der Waals surface area contributed by atoms with Gasteiger partial charge in [0, 0.05) is 146 Å². The van der Waals surface area contributed by atoms with Crippen molar-refractivity contribution in [3.05, 3.63) is 139 Å². The van der Waals surface area contributed by atoms with Crippen molar-refractivity contribution in [1.29, 1.82) is 0 Å². The van der Waals surface area contributed by atoms with Gasteiger partial charge in [0.15, 0.2) is 0 Å². The van der Waals surface area contributed by atoms with E-state index in [1.54, 1.807) is 6.20 Å². The summed E-state index contributed by atoms with van der Waals surface area (Å²) < 4.78 is 20.6. The molecule has 106 heavy (non-hydrogen) atoms. The van der Waals surface area contributed by atoms with Crippen molar-refractivity contribution in [2.24, 2.45) is 14.1 Å². The monoisotopic (exact) mass is 4790 g/mol. The molecule has 8 aromatic rings. The van der Waals surface area contributed by atoms with Gasteiger partial charge in [-0.3, -0.25) is 9.80 Å². The number of benzene rings is 4. The summed E-state index contributed by atoms with van der Waals surface area (Å²) in [6, 6.07) is 25.5. The van der Waals surface area contributed by atoms with Crippen molar-refractivity contribution in [3.8, 4) is 22.5 Å². The fourth-order valence-electron chi connectivity index (χ4n) is 13.4. The predicted molar refractivity (Wildman–Crippen MR) is 694 cm³/mol. The molecule has 14 nitrogen and oxygen atoms in total. The summed E-state index contributed by atoms with van der Waals surface area (Å²) in [6.45, 7) is 5.87. The van der Waals surface area contributed by atoms with Crippen LogP contribution in [-0.2, 0) is 31.7 Å². The molecular weight excluding hydrogens is 4740 g/mol. The number of aromatic nitrogens is 4. The Labute approximate surface area is 836 Å². The van der Waals surface area contributed by atoms with Crippen LogP contribution in [0.1, 0.15) is 93.7 Å². The molecule has 4 unspecified atom stereocenters. The molecule has 4 bridgehead atoms. The zero-order chi connectivity index (χ0) is 76.2. The first kappa shape index (κ1) is 100. The van der Waals surface area contributed by atoms with Crippen LogP contribution in [0.5, 0.6) is 0 Å². The van der Waals surface area contributed by atoms with Crippen molar-refractivity contribution in [2.75, 3.05) is 56.2 Å². The van der Waals surface area contributed by atoms with Crippen LogP contribution in [0.4, 0.5) is 11.4 Å². The Kier molecular flexibility index (Phi) is 44.6. The molecule has 0 amide bonds. The molecule has 2 aliphatic carbocycles. The van der Waals surface area contributed by atoms with Gasteiger partial charge in [0.05, 0.1) is 49.4 Å². The van der Waals surface area contributed by atoms with E-state index in [4.69, 9.17) is 60.2 Å². The number of anilines is 2. The minimum atomic E-state index is -0.892. The van der Waals surface area contributed by atoms with Crippen LogP contribution in [0, 0.1) is 0 Å². The van der Waals surface area contributed by atoms with Crippen LogP contribution in [0.15, 0.2) is 94.2 Å². The molecule has 0 spiro atoms. The number of fused-ring (bicyclic) bond motifs is 6. The number of carbonyl (C=O) groups excluding carboxylic acids is 1. The molecule has 4 atom stereocenters. The number of nitrogens with zero attached hydrogens (tertiary/aromatic N) is 8. The number of ether oxygens (including phenoxy) is 1. The van der Waals surface area contributed by atoms with Crippen molar-refractivity contribution in [2.45, 2.75) is 87.4 Å². The second-order valence-corrected chi connectivity index (χ2v) is 675. The second-order valence-electron chi connectivity index (χ2n) is 24.0. The summed E-state index contributed by atoms with van der Waals surface area (Å²) in [7, 11) is -0.464. The number of rotatable bonds is 27. The van der Waals surface area contributed by atoms with Gasteiger partial charge in [-0.25, -0.2) is 9.59 Å². The predicted octanol–water partition coefficient (Wildman–Crippen LogP) is 34.3. The molecule has 4 aliphatic heterocycles. The summed E-state index contributed by atoms with van der Waals surface area (Å²) in [4.78, 5) is 34.0. The average molecular weight is 4800 g/mol. The number of methoxy groups -OCH3 is 1. The van der Waals surface area contributed by atoms with Gasteiger partial charge in [-0.2, -0.15) is 0 Å². The summed E-state index contributed by atoms with van der Waals surface area (Å²) in [5.41, 5.74) is 10.7. The first-order valence-electron chi connectivity index (χ1n) is 30.7. The van der Waals surface area contributed by atoms with Crippen LogP contribution in [0.3, 0.4) is 0 Å². The normalized spacial score (nSPS) is 20.3. The molecular formula is C59H58Cl4I29N8O6-. The number of aryl methyl sites for hydroxylation is 2. The van der Waals surface area contributed by atoms with Crippen molar-refractivity contribution < 1.29 is 41.7 Å². The van der Waals surface area contributed by atoms with E-state index in [0.29, 0.717) is 80.5 Å². The van der Waals surface area contributed by atoms with Crippen LogP contribution in [0.25, 0.3) is 44.3 Å². The fraction of sp³-hybridized carbons (Fsp3) is 0.390. The molecule has 0 radical (unpaired) electrons. The van der Waals surface area contributed by atoms with Gasteiger partial charge in [-0.1, -0.05) is 68.8 Å². The maximum atomic E-state index is 12.2. The number of hydrogen-bond donors (Lipinski definition) is 1. The average Bonchev–Trinajstić information content (AvgIpc) is 1.61. The topological polar surface area (TPSA) is 138 Å². The minimum absolute atomic E-state index is 0.304. The maximum absolute atomic E-state index is 12.2. The SMILES string of the molecule is COC(=O)c1cn(C)c2cc(N3CC4CC3CN4CCc3c(-c4c(Cl)cccc4Cl)noc3C3CC3)ccc12.Cn1cc(C(=O)O)c2ccc(N3CC4CC3CN4CCc3c(-c4c(Cl)cccc4Cl)noc3C3CC3)cc21.I[I-]I(I)I(I)I(I)I(I)I(I)I(I)I(I)I(I)I(I)I(I)I(I)I(I)I(I)I. The van der Waals surface area contributed by atoms with Gasteiger partial charge in [0.25, 0.3) is 0 Å². The Morgan fingerprint density at radius 1 is 0.528 bits per heavy atom.